The summed E-state index contributed by atoms with van der Waals surface area (Å²) >= 11 is 1.48. The topological polar surface area (TPSA) is 46.6 Å². The van der Waals surface area contributed by atoms with E-state index in [1.54, 1.807) is 11.8 Å². The summed E-state index contributed by atoms with van der Waals surface area (Å²) in [6, 6.07) is 3.75. The Morgan fingerprint density at radius 2 is 2.00 bits per heavy atom. The molecule has 0 aliphatic carbocycles. The molecule has 1 rings (SSSR count). The van der Waals surface area contributed by atoms with Gasteiger partial charge in [-0.2, -0.15) is 0 Å². The molecule has 0 N–H and O–H groups in total. The summed E-state index contributed by atoms with van der Waals surface area (Å²) in [5.41, 5.74) is 0. The van der Waals surface area contributed by atoms with Crippen molar-refractivity contribution in [3.05, 3.63) is 21.9 Å². The van der Waals surface area contributed by atoms with Crippen LogP contribution in [0.25, 0.3) is 0 Å². The largest absolute Gasteiger partial charge is 0.465 e. The first kappa shape index (κ1) is 15.7. The van der Waals surface area contributed by atoms with Crippen molar-refractivity contribution in [3.63, 3.8) is 0 Å². The Balaban J connectivity index is 2.80. The van der Waals surface area contributed by atoms with Gasteiger partial charge in [0.25, 0.3) is 5.91 Å². The quantitative estimate of drug-likeness (QED) is 0.754. The molecule has 1 amide bonds. The number of hydrogen-bond donors (Lipinski definition) is 0. The Kier molecular flexibility index (Phi) is 6.02. The van der Waals surface area contributed by atoms with E-state index < -0.39 is 0 Å². The highest BCUT2D eigenvalue weighted by atomic mass is 32.1. The van der Waals surface area contributed by atoms with Gasteiger partial charge < -0.3 is 9.64 Å². The van der Waals surface area contributed by atoms with Crippen LogP contribution in [0.5, 0.6) is 0 Å². The zero-order valence-corrected chi connectivity index (χ0v) is 12.8. The highest BCUT2D eigenvalue weighted by molar-refractivity contribution is 7.14. The lowest BCUT2D eigenvalue weighted by Crippen LogP contribution is -2.41. The molecule has 0 aliphatic rings. The summed E-state index contributed by atoms with van der Waals surface area (Å²) in [6.07, 6.45) is 0.914. The molecule has 0 spiro atoms. The first-order chi connectivity index (χ1) is 8.99. The van der Waals surface area contributed by atoms with Crippen molar-refractivity contribution >= 4 is 23.2 Å². The van der Waals surface area contributed by atoms with Crippen molar-refractivity contribution in [2.24, 2.45) is 0 Å². The second-order valence-corrected chi connectivity index (χ2v) is 5.62. The molecule has 0 unspecified atom stereocenters. The minimum Gasteiger partial charge on any atom is -0.465 e. The van der Waals surface area contributed by atoms with E-state index in [4.69, 9.17) is 4.74 Å². The van der Waals surface area contributed by atoms with Crippen molar-refractivity contribution in [2.75, 3.05) is 13.2 Å². The molecule has 1 aromatic heterocycles. The Labute approximate surface area is 118 Å². The van der Waals surface area contributed by atoms with Gasteiger partial charge in [0.1, 0.15) is 6.54 Å². The normalized spacial score (nSPS) is 10.6. The molecule has 0 atom stereocenters. The minimum absolute atomic E-state index is 0.00367. The van der Waals surface area contributed by atoms with E-state index in [-0.39, 0.29) is 24.5 Å². The maximum Gasteiger partial charge on any atom is 0.325 e. The average molecular weight is 283 g/mol. The summed E-state index contributed by atoms with van der Waals surface area (Å²) in [4.78, 5) is 27.3. The van der Waals surface area contributed by atoms with Gasteiger partial charge >= 0.3 is 5.97 Å². The molecule has 0 saturated carbocycles. The molecule has 5 heteroatoms. The van der Waals surface area contributed by atoms with Gasteiger partial charge in [-0.05, 0) is 39.3 Å². The number of carbonyl (C=O) groups excluding carboxylic acids is 2. The van der Waals surface area contributed by atoms with Crippen LogP contribution in [0, 0.1) is 0 Å². The molecule has 0 saturated heterocycles. The number of nitrogens with zero attached hydrogens (tertiary/aromatic N) is 1. The number of thiophene rings is 1. The average Bonchev–Trinajstić information content (AvgIpc) is 2.84. The van der Waals surface area contributed by atoms with E-state index in [2.05, 4.69) is 6.92 Å². The van der Waals surface area contributed by atoms with Crippen LogP contribution in [0.3, 0.4) is 0 Å². The number of hydrogen-bond acceptors (Lipinski definition) is 4. The van der Waals surface area contributed by atoms with E-state index >= 15 is 0 Å². The highest BCUT2D eigenvalue weighted by Gasteiger charge is 2.23. The van der Waals surface area contributed by atoms with Crippen LogP contribution in [-0.2, 0) is 16.0 Å². The van der Waals surface area contributed by atoms with Crippen LogP contribution in [-0.4, -0.2) is 36.0 Å². The Morgan fingerprint density at radius 1 is 1.32 bits per heavy atom. The predicted octanol–water partition coefficient (Wildman–Crippen LogP) is 2.72. The maximum atomic E-state index is 12.4. The maximum absolute atomic E-state index is 12.4. The van der Waals surface area contributed by atoms with Crippen molar-refractivity contribution < 1.29 is 14.3 Å². The number of rotatable bonds is 6. The Hall–Kier alpha value is -1.36. The zero-order chi connectivity index (χ0) is 14.4. The number of amides is 1. The molecule has 0 aliphatic heterocycles. The fourth-order valence-corrected chi connectivity index (χ4v) is 2.56. The van der Waals surface area contributed by atoms with Crippen molar-refractivity contribution in [1.82, 2.24) is 4.90 Å². The summed E-state index contributed by atoms with van der Waals surface area (Å²) < 4.78 is 4.91. The van der Waals surface area contributed by atoms with Gasteiger partial charge in [0.15, 0.2) is 0 Å². The zero-order valence-electron chi connectivity index (χ0n) is 11.9. The lowest BCUT2D eigenvalue weighted by atomic mass is 10.3. The van der Waals surface area contributed by atoms with Crippen LogP contribution in [0.4, 0.5) is 0 Å². The van der Waals surface area contributed by atoms with E-state index in [0.717, 1.165) is 6.42 Å². The number of carbonyl (C=O) groups is 2. The van der Waals surface area contributed by atoms with Crippen molar-refractivity contribution in [1.29, 1.82) is 0 Å². The first-order valence-corrected chi connectivity index (χ1v) is 7.36. The molecule has 1 heterocycles. The van der Waals surface area contributed by atoms with Crippen LogP contribution in [0.2, 0.25) is 0 Å². The monoisotopic (exact) mass is 283 g/mol. The third-order valence-corrected chi connectivity index (χ3v) is 3.93. The molecule has 0 bridgehead atoms. The molecule has 1 aromatic rings. The van der Waals surface area contributed by atoms with Gasteiger partial charge in [-0.15, -0.1) is 11.3 Å². The smallest absolute Gasteiger partial charge is 0.325 e. The lowest BCUT2D eigenvalue weighted by Gasteiger charge is -2.25. The third kappa shape index (κ3) is 4.35. The second-order valence-electron chi connectivity index (χ2n) is 4.45. The SMILES string of the molecule is CCOC(=O)CN(C(=O)c1ccc(CC)s1)C(C)C. The van der Waals surface area contributed by atoms with Gasteiger partial charge in [-0.1, -0.05) is 6.92 Å². The van der Waals surface area contributed by atoms with Crippen LogP contribution in [0.1, 0.15) is 42.2 Å². The van der Waals surface area contributed by atoms with E-state index in [9.17, 15) is 9.59 Å². The third-order valence-electron chi connectivity index (χ3n) is 2.71. The highest BCUT2D eigenvalue weighted by Crippen LogP contribution is 2.19. The molecule has 19 heavy (non-hydrogen) atoms. The molecule has 0 aromatic carbocycles. The molecule has 0 radical (unpaired) electrons. The number of ether oxygens (including phenoxy) is 1. The summed E-state index contributed by atoms with van der Waals surface area (Å²) in [5.74, 6) is -0.468. The van der Waals surface area contributed by atoms with Crippen LogP contribution >= 0.6 is 11.3 Å². The minimum atomic E-state index is -0.364. The first-order valence-electron chi connectivity index (χ1n) is 6.54. The Bertz CT molecular complexity index is 440. The second kappa shape index (κ2) is 7.28. The van der Waals surface area contributed by atoms with Gasteiger partial charge in [-0.3, -0.25) is 9.59 Å². The van der Waals surface area contributed by atoms with Gasteiger partial charge in [0.05, 0.1) is 11.5 Å². The fourth-order valence-electron chi connectivity index (χ4n) is 1.66. The van der Waals surface area contributed by atoms with Crippen LogP contribution in [0.15, 0.2) is 12.1 Å². The van der Waals surface area contributed by atoms with Crippen LogP contribution < -0.4 is 0 Å². The van der Waals surface area contributed by atoms with E-state index in [1.807, 2.05) is 26.0 Å². The van der Waals surface area contributed by atoms with Gasteiger partial charge in [-0.25, -0.2) is 0 Å². The van der Waals surface area contributed by atoms with Gasteiger partial charge in [0, 0.05) is 10.9 Å². The van der Waals surface area contributed by atoms with Crippen molar-refractivity contribution in [3.8, 4) is 0 Å². The number of aryl methyl sites for hydroxylation is 1. The summed E-state index contributed by atoms with van der Waals surface area (Å²) in [6.45, 7) is 7.93. The Morgan fingerprint density at radius 3 is 2.47 bits per heavy atom. The van der Waals surface area contributed by atoms with E-state index in [1.165, 1.54) is 16.2 Å². The molecular weight excluding hydrogens is 262 g/mol. The fraction of sp³-hybridized carbons (Fsp3) is 0.571. The summed E-state index contributed by atoms with van der Waals surface area (Å²) in [5, 5.41) is 0. The molecular formula is C14H21NO3S. The summed E-state index contributed by atoms with van der Waals surface area (Å²) in [7, 11) is 0. The van der Waals surface area contributed by atoms with Crippen molar-refractivity contribution in [2.45, 2.75) is 40.2 Å². The standard InChI is InChI=1S/C14H21NO3S/c1-5-11-7-8-12(19-11)14(17)15(10(3)4)9-13(16)18-6-2/h7-8,10H,5-6,9H2,1-4H3. The molecule has 0 fully saturated rings. The predicted molar refractivity (Wildman–Crippen MR) is 76.5 cm³/mol. The molecule has 106 valence electrons. The lowest BCUT2D eigenvalue weighted by molar-refractivity contribution is -0.144. The molecule has 4 nitrogen and oxygen atoms in total. The van der Waals surface area contributed by atoms with E-state index in [0.29, 0.717) is 11.5 Å². The number of esters is 1. The van der Waals surface area contributed by atoms with Gasteiger partial charge in [0.2, 0.25) is 0 Å².